The van der Waals surface area contributed by atoms with Crippen LogP contribution >= 0.6 is 0 Å². The van der Waals surface area contributed by atoms with E-state index in [9.17, 15) is 4.79 Å². The number of aliphatic hydroxyl groups is 1. The van der Waals surface area contributed by atoms with Crippen LogP contribution in [0, 0.1) is 5.41 Å². The zero-order chi connectivity index (χ0) is 9.61. The van der Waals surface area contributed by atoms with E-state index in [2.05, 4.69) is 0 Å². The molecule has 3 nitrogen and oxygen atoms in total. The molecule has 0 heterocycles. The molecule has 0 aliphatic heterocycles. The van der Waals surface area contributed by atoms with Crippen LogP contribution in [0.4, 0.5) is 0 Å². The van der Waals surface area contributed by atoms with Crippen molar-refractivity contribution in [3.8, 4) is 0 Å². The fraction of sp³-hybridized carbons (Fsp3) is 0.889. The van der Waals surface area contributed by atoms with Crippen molar-refractivity contribution in [1.82, 2.24) is 0 Å². The first kappa shape index (κ1) is 11.4. The van der Waals surface area contributed by atoms with Crippen LogP contribution in [-0.2, 0) is 4.79 Å². The molecule has 2 N–H and O–H groups in total. The Morgan fingerprint density at radius 2 is 1.83 bits per heavy atom. The van der Waals surface area contributed by atoms with E-state index in [0.717, 1.165) is 12.8 Å². The second-order valence-electron chi connectivity index (χ2n) is 3.26. The highest BCUT2D eigenvalue weighted by atomic mass is 16.4. The third-order valence-electron chi connectivity index (χ3n) is 2.70. The predicted octanol–water partition coefficient (Wildman–Crippen LogP) is 1.65. The number of hydrogen-bond acceptors (Lipinski definition) is 2. The molecule has 0 aromatic heterocycles. The molecular formula is C9H18O3. The summed E-state index contributed by atoms with van der Waals surface area (Å²) in [6.45, 7) is 4.07. The summed E-state index contributed by atoms with van der Waals surface area (Å²) in [6, 6.07) is 0. The van der Waals surface area contributed by atoms with Gasteiger partial charge in [0, 0.05) is 13.0 Å². The molecule has 0 aliphatic rings. The fourth-order valence-electron chi connectivity index (χ4n) is 1.28. The predicted molar refractivity (Wildman–Crippen MR) is 47.0 cm³/mol. The van der Waals surface area contributed by atoms with Crippen LogP contribution in [0.3, 0.4) is 0 Å². The van der Waals surface area contributed by atoms with Gasteiger partial charge in [-0.2, -0.15) is 0 Å². The normalized spacial score (nSPS) is 11.6. The summed E-state index contributed by atoms with van der Waals surface area (Å²) in [7, 11) is 0. The molecule has 0 spiro atoms. The third-order valence-corrected chi connectivity index (χ3v) is 2.70. The zero-order valence-corrected chi connectivity index (χ0v) is 7.84. The van der Waals surface area contributed by atoms with Gasteiger partial charge in [0.15, 0.2) is 0 Å². The van der Waals surface area contributed by atoms with Gasteiger partial charge in [0.2, 0.25) is 0 Å². The fourth-order valence-corrected chi connectivity index (χ4v) is 1.28. The minimum atomic E-state index is -0.783. The van der Waals surface area contributed by atoms with E-state index in [-0.39, 0.29) is 18.4 Å². The number of carbonyl (C=O) groups is 1. The summed E-state index contributed by atoms with van der Waals surface area (Å²) in [5, 5.41) is 17.6. The number of hydrogen-bond donors (Lipinski definition) is 2. The van der Waals surface area contributed by atoms with E-state index >= 15 is 0 Å². The molecule has 0 saturated heterocycles. The largest absolute Gasteiger partial charge is 0.481 e. The molecule has 12 heavy (non-hydrogen) atoms. The number of aliphatic carboxylic acids is 1. The van der Waals surface area contributed by atoms with E-state index in [1.807, 2.05) is 13.8 Å². The summed E-state index contributed by atoms with van der Waals surface area (Å²) >= 11 is 0. The standard InChI is InChI=1S/C9H18O3/c1-3-9(4-2,7-10)6-5-8(11)12/h10H,3-7H2,1-2H3,(H,11,12). The van der Waals surface area contributed by atoms with Crippen LogP contribution in [0.1, 0.15) is 39.5 Å². The number of rotatable bonds is 6. The van der Waals surface area contributed by atoms with Crippen LogP contribution in [-0.4, -0.2) is 22.8 Å². The molecule has 0 radical (unpaired) electrons. The molecule has 0 amide bonds. The maximum atomic E-state index is 10.3. The van der Waals surface area contributed by atoms with Gasteiger partial charge in [-0.3, -0.25) is 4.79 Å². The lowest BCUT2D eigenvalue weighted by atomic mass is 9.79. The monoisotopic (exact) mass is 174 g/mol. The molecular weight excluding hydrogens is 156 g/mol. The highest BCUT2D eigenvalue weighted by Gasteiger charge is 2.25. The third kappa shape index (κ3) is 3.22. The van der Waals surface area contributed by atoms with Crippen molar-refractivity contribution in [2.75, 3.05) is 6.61 Å². The Bertz CT molecular complexity index is 130. The van der Waals surface area contributed by atoms with Gasteiger partial charge in [0.1, 0.15) is 0 Å². The molecule has 72 valence electrons. The maximum absolute atomic E-state index is 10.3. The summed E-state index contributed by atoms with van der Waals surface area (Å²) in [6.07, 6.45) is 2.41. The molecule has 0 unspecified atom stereocenters. The minimum absolute atomic E-state index is 0.0906. The Kier molecular flexibility index (Phi) is 4.90. The van der Waals surface area contributed by atoms with Gasteiger partial charge in [0.05, 0.1) is 0 Å². The summed E-state index contributed by atoms with van der Waals surface area (Å²) in [5.74, 6) is -0.783. The van der Waals surface area contributed by atoms with Gasteiger partial charge in [0.25, 0.3) is 0 Å². The lowest BCUT2D eigenvalue weighted by Crippen LogP contribution is -2.24. The van der Waals surface area contributed by atoms with Gasteiger partial charge < -0.3 is 10.2 Å². The van der Waals surface area contributed by atoms with E-state index < -0.39 is 5.97 Å². The highest BCUT2D eigenvalue weighted by Crippen LogP contribution is 2.30. The van der Waals surface area contributed by atoms with Crippen LogP contribution in [0.15, 0.2) is 0 Å². The van der Waals surface area contributed by atoms with Gasteiger partial charge in [-0.05, 0) is 24.7 Å². The molecule has 0 bridgehead atoms. The summed E-state index contributed by atoms with van der Waals surface area (Å²) in [5.41, 5.74) is -0.168. The number of aliphatic hydroxyl groups excluding tert-OH is 1. The molecule has 0 aliphatic carbocycles. The SMILES string of the molecule is CCC(CC)(CO)CCC(=O)O. The number of carboxylic acids is 1. The second kappa shape index (κ2) is 5.14. The molecule has 3 heteroatoms. The van der Waals surface area contributed by atoms with Crippen LogP contribution in [0.5, 0.6) is 0 Å². The van der Waals surface area contributed by atoms with E-state index in [0.29, 0.717) is 6.42 Å². The first-order valence-corrected chi connectivity index (χ1v) is 4.43. The summed E-state index contributed by atoms with van der Waals surface area (Å²) < 4.78 is 0. The van der Waals surface area contributed by atoms with Crippen molar-refractivity contribution in [2.45, 2.75) is 39.5 Å². The van der Waals surface area contributed by atoms with E-state index in [1.54, 1.807) is 0 Å². The zero-order valence-electron chi connectivity index (χ0n) is 7.84. The van der Waals surface area contributed by atoms with Crippen molar-refractivity contribution in [2.24, 2.45) is 5.41 Å². The van der Waals surface area contributed by atoms with Gasteiger partial charge in [-0.15, -0.1) is 0 Å². The lowest BCUT2D eigenvalue weighted by Gasteiger charge is -2.28. The number of carboxylic acid groups (broad SMARTS) is 1. The molecule has 0 saturated carbocycles. The van der Waals surface area contributed by atoms with Crippen molar-refractivity contribution >= 4 is 5.97 Å². The lowest BCUT2D eigenvalue weighted by molar-refractivity contribution is -0.137. The molecule has 0 rings (SSSR count). The Morgan fingerprint density at radius 3 is 2.08 bits per heavy atom. The van der Waals surface area contributed by atoms with Crippen molar-refractivity contribution in [3.63, 3.8) is 0 Å². The minimum Gasteiger partial charge on any atom is -0.481 e. The summed E-state index contributed by atoms with van der Waals surface area (Å²) in [4.78, 5) is 10.3. The average Bonchev–Trinajstić information content (AvgIpc) is 2.08. The highest BCUT2D eigenvalue weighted by molar-refractivity contribution is 5.66. The maximum Gasteiger partial charge on any atom is 0.303 e. The Morgan fingerprint density at radius 1 is 1.33 bits per heavy atom. The van der Waals surface area contributed by atoms with E-state index in [4.69, 9.17) is 10.2 Å². The Balaban J connectivity index is 4.01. The van der Waals surface area contributed by atoms with Gasteiger partial charge >= 0.3 is 5.97 Å². The molecule has 0 fully saturated rings. The first-order chi connectivity index (χ1) is 5.60. The second-order valence-corrected chi connectivity index (χ2v) is 3.26. The average molecular weight is 174 g/mol. The van der Waals surface area contributed by atoms with Gasteiger partial charge in [-0.1, -0.05) is 13.8 Å². The van der Waals surface area contributed by atoms with Crippen LogP contribution in [0.2, 0.25) is 0 Å². The van der Waals surface area contributed by atoms with Gasteiger partial charge in [-0.25, -0.2) is 0 Å². The Hall–Kier alpha value is -0.570. The van der Waals surface area contributed by atoms with E-state index in [1.165, 1.54) is 0 Å². The van der Waals surface area contributed by atoms with Crippen LogP contribution in [0.25, 0.3) is 0 Å². The molecule has 0 aromatic rings. The first-order valence-electron chi connectivity index (χ1n) is 4.43. The Labute approximate surface area is 73.4 Å². The smallest absolute Gasteiger partial charge is 0.303 e. The van der Waals surface area contributed by atoms with Crippen molar-refractivity contribution in [3.05, 3.63) is 0 Å². The topological polar surface area (TPSA) is 57.5 Å². The molecule has 0 atom stereocenters. The van der Waals surface area contributed by atoms with Crippen molar-refractivity contribution < 1.29 is 15.0 Å². The quantitative estimate of drug-likeness (QED) is 0.643. The van der Waals surface area contributed by atoms with Crippen LogP contribution < -0.4 is 0 Å². The van der Waals surface area contributed by atoms with Crippen molar-refractivity contribution in [1.29, 1.82) is 0 Å². The molecule has 0 aromatic carbocycles.